The number of carbonyl (C=O) groups excluding carboxylic acids is 1. The molecular formula is C18H15Cl2NO2. The van der Waals surface area contributed by atoms with Gasteiger partial charge < -0.3 is 4.74 Å². The second-order valence-corrected chi connectivity index (χ2v) is 6.21. The van der Waals surface area contributed by atoms with Crippen molar-refractivity contribution in [1.29, 1.82) is 0 Å². The first kappa shape index (κ1) is 15.9. The smallest absolute Gasteiger partial charge is 0.262 e. The van der Waals surface area contributed by atoms with Gasteiger partial charge in [-0.25, -0.2) is 0 Å². The molecule has 0 saturated carbocycles. The number of rotatable bonds is 3. The number of allylic oxidation sites excluding steroid dienone is 4. The molecule has 1 aliphatic heterocycles. The first-order valence-electron chi connectivity index (χ1n) is 7.29. The fourth-order valence-electron chi connectivity index (χ4n) is 2.48. The third-order valence-electron chi connectivity index (χ3n) is 3.57. The van der Waals surface area contributed by atoms with E-state index in [1.165, 1.54) is 16.7 Å². The van der Waals surface area contributed by atoms with Gasteiger partial charge in [-0.2, -0.15) is 0 Å². The standard InChI is InChI=1S/C18H15Cl2NO2/c19-15-9-14(10-16(20)11-15)18(22)21-6-7-23-17(12-21)8-13-4-2-1-3-5-13/h1-2,4,6-7,9-12H,3,5,8H2. The van der Waals surface area contributed by atoms with Gasteiger partial charge in [0.15, 0.2) is 0 Å². The lowest BCUT2D eigenvalue weighted by Crippen LogP contribution is -2.23. The summed E-state index contributed by atoms with van der Waals surface area (Å²) in [6, 6.07) is 4.79. The number of benzene rings is 1. The van der Waals surface area contributed by atoms with Crippen LogP contribution in [0.15, 0.2) is 66.4 Å². The monoisotopic (exact) mass is 347 g/mol. The topological polar surface area (TPSA) is 29.5 Å². The molecule has 2 aliphatic rings. The zero-order valence-corrected chi connectivity index (χ0v) is 13.8. The van der Waals surface area contributed by atoms with E-state index in [1.807, 2.05) is 0 Å². The van der Waals surface area contributed by atoms with Crippen LogP contribution in [0.3, 0.4) is 0 Å². The van der Waals surface area contributed by atoms with Crippen molar-refractivity contribution in [2.75, 3.05) is 0 Å². The van der Waals surface area contributed by atoms with Crippen molar-refractivity contribution < 1.29 is 9.53 Å². The summed E-state index contributed by atoms with van der Waals surface area (Å²) in [5.41, 5.74) is 1.72. The number of carbonyl (C=O) groups is 1. The first-order chi connectivity index (χ1) is 11.1. The fourth-order valence-corrected chi connectivity index (χ4v) is 3.00. The lowest BCUT2D eigenvalue weighted by molar-refractivity contribution is 0.0854. The van der Waals surface area contributed by atoms with Gasteiger partial charge in [-0.05, 0) is 31.0 Å². The summed E-state index contributed by atoms with van der Waals surface area (Å²) >= 11 is 11.9. The van der Waals surface area contributed by atoms with Crippen molar-refractivity contribution in [3.8, 4) is 0 Å². The Morgan fingerprint density at radius 2 is 2.00 bits per heavy atom. The van der Waals surface area contributed by atoms with E-state index in [-0.39, 0.29) is 5.91 Å². The van der Waals surface area contributed by atoms with Crippen LogP contribution in [-0.4, -0.2) is 10.8 Å². The molecule has 1 heterocycles. The number of hydrogen-bond donors (Lipinski definition) is 0. The average Bonchev–Trinajstić information content (AvgIpc) is 2.54. The third kappa shape index (κ3) is 4.06. The molecule has 5 heteroatoms. The Morgan fingerprint density at radius 3 is 2.70 bits per heavy atom. The molecule has 3 nitrogen and oxygen atoms in total. The van der Waals surface area contributed by atoms with Crippen molar-refractivity contribution >= 4 is 29.1 Å². The number of hydrogen-bond acceptors (Lipinski definition) is 2. The zero-order chi connectivity index (χ0) is 16.2. The van der Waals surface area contributed by atoms with Gasteiger partial charge in [0.25, 0.3) is 5.91 Å². The zero-order valence-electron chi connectivity index (χ0n) is 12.3. The Balaban J connectivity index is 1.77. The van der Waals surface area contributed by atoms with E-state index in [2.05, 4.69) is 18.2 Å². The van der Waals surface area contributed by atoms with E-state index in [9.17, 15) is 4.79 Å². The largest absolute Gasteiger partial charge is 0.466 e. The van der Waals surface area contributed by atoms with Crippen molar-refractivity contribution in [3.63, 3.8) is 0 Å². The Bertz CT molecular complexity index is 727. The Hall–Kier alpha value is -1.97. The van der Waals surface area contributed by atoms with Crippen LogP contribution >= 0.6 is 23.2 Å². The molecular weight excluding hydrogens is 333 g/mol. The molecule has 0 radical (unpaired) electrons. The van der Waals surface area contributed by atoms with Crippen LogP contribution in [0.5, 0.6) is 0 Å². The number of ether oxygens (including phenoxy) is 1. The van der Waals surface area contributed by atoms with Gasteiger partial charge >= 0.3 is 0 Å². The lowest BCUT2D eigenvalue weighted by atomic mass is 10.0. The van der Waals surface area contributed by atoms with E-state index in [0.29, 0.717) is 22.0 Å². The van der Waals surface area contributed by atoms with E-state index in [1.54, 1.807) is 30.6 Å². The summed E-state index contributed by atoms with van der Waals surface area (Å²) in [7, 11) is 0. The van der Waals surface area contributed by atoms with Crippen LogP contribution in [0, 0.1) is 0 Å². The van der Waals surface area contributed by atoms with Crippen LogP contribution in [0.1, 0.15) is 29.6 Å². The summed E-state index contributed by atoms with van der Waals surface area (Å²) in [4.78, 5) is 14.1. The van der Waals surface area contributed by atoms with Crippen molar-refractivity contribution in [2.45, 2.75) is 19.3 Å². The third-order valence-corrected chi connectivity index (χ3v) is 4.01. The van der Waals surface area contributed by atoms with Gasteiger partial charge in [0.05, 0.1) is 6.20 Å². The van der Waals surface area contributed by atoms with Crippen LogP contribution < -0.4 is 0 Å². The molecule has 0 spiro atoms. The predicted octanol–water partition coefficient (Wildman–Crippen LogP) is 5.44. The van der Waals surface area contributed by atoms with Crippen LogP contribution in [-0.2, 0) is 4.74 Å². The maximum atomic E-state index is 12.6. The second-order valence-electron chi connectivity index (χ2n) is 5.34. The Kier molecular flexibility index (Phi) is 4.89. The van der Waals surface area contributed by atoms with Gasteiger partial charge in [-0.3, -0.25) is 9.69 Å². The van der Waals surface area contributed by atoms with Gasteiger partial charge in [0.2, 0.25) is 0 Å². The highest BCUT2D eigenvalue weighted by molar-refractivity contribution is 6.35. The molecule has 0 saturated heterocycles. The van der Waals surface area contributed by atoms with Crippen LogP contribution in [0.4, 0.5) is 0 Å². The highest BCUT2D eigenvalue weighted by atomic mass is 35.5. The molecule has 1 aliphatic carbocycles. The highest BCUT2D eigenvalue weighted by Crippen LogP contribution is 2.25. The van der Waals surface area contributed by atoms with E-state index in [0.717, 1.165) is 18.6 Å². The molecule has 0 bridgehead atoms. The molecule has 1 amide bonds. The van der Waals surface area contributed by atoms with E-state index in [4.69, 9.17) is 27.9 Å². The molecule has 0 N–H and O–H groups in total. The maximum absolute atomic E-state index is 12.6. The molecule has 0 fully saturated rings. The molecule has 3 rings (SSSR count). The Morgan fingerprint density at radius 1 is 1.22 bits per heavy atom. The van der Waals surface area contributed by atoms with Crippen LogP contribution in [0.2, 0.25) is 10.0 Å². The predicted molar refractivity (Wildman–Crippen MR) is 92.0 cm³/mol. The summed E-state index contributed by atoms with van der Waals surface area (Å²) < 4.78 is 5.51. The molecule has 0 aromatic heterocycles. The molecule has 1 aromatic carbocycles. The maximum Gasteiger partial charge on any atom is 0.262 e. The summed E-state index contributed by atoms with van der Waals surface area (Å²) in [5, 5.41) is 0.864. The van der Waals surface area contributed by atoms with Crippen molar-refractivity contribution in [1.82, 2.24) is 4.90 Å². The summed E-state index contributed by atoms with van der Waals surface area (Å²) in [6.45, 7) is 0. The van der Waals surface area contributed by atoms with Gasteiger partial charge in [-0.15, -0.1) is 0 Å². The number of halogens is 2. The summed E-state index contributed by atoms with van der Waals surface area (Å²) in [5.74, 6) is 0.527. The van der Waals surface area contributed by atoms with Crippen molar-refractivity contribution in [3.05, 3.63) is 82.0 Å². The minimum Gasteiger partial charge on any atom is -0.466 e. The molecule has 118 valence electrons. The minimum absolute atomic E-state index is 0.205. The van der Waals surface area contributed by atoms with E-state index < -0.39 is 0 Å². The first-order valence-corrected chi connectivity index (χ1v) is 8.05. The quantitative estimate of drug-likeness (QED) is 0.727. The fraction of sp³-hybridized carbons (Fsp3) is 0.167. The number of nitrogens with zero attached hydrogens (tertiary/aromatic N) is 1. The van der Waals surface area contributed by atoms with Gasteiger partial charge in [0.1, 0.15) is 12.0 Å². The molecule has 1 aromatic rings. The number of amides is 1. The molecule has 23 heavy (non-hydrogen) atoms. The van der Waals surface area contributed by atoms with Crippen LogP contribution in [0.25, 0.3) is 0 Å². The highest BCUT2D eigenvalue weighted by Gasteiger charge is 2.17. The van der Waals surface area contributed by atoms with Crippen molar-refractivity contribution in [2.24, 2.45) is 0 Å². The SMILES string of the molecule is O=C(c1cc(Cl)cc(Cl)c1)N1C=COC(CC2=CC=CCC2)=C1. The minimum atomic E-state index is -0.205. The summed E-state index contributed by atoms with van der Waals surface area (Å²) in [6.07, 6.45) is 13.8. The van der Waals surface area contributed by atoms with Gasteiger partial charge in [0, 0.05) is 28.2 Å². The average molecular weight is 348 g/mol. The molecule has 0 atom stereocenters. The second kappa shape index (κ2) is 7.07. The normalized spacial score (nSPS) is 16.7. The van der Waals surface area contributed by atoms with E-state index >= 15 is 0 Å². The Labute approximate surface area is 145 Å². The lowest BCUT2D eigenvalue weighted by Gasteiger charge is -2.21. The molecule has 0 unspecified atom stereocenters. The van der Waals surface area contributed by atoms with Gasteiger partial charge in [-0.1, -0.05) is 47.0 Å².